The van der Waals surface area contributed by atoms with Crippen LogP contribution in [0.5, 0.6) is 0 Å². The van der Waals surface area contributed by atoms with Crippen LogP contribution in [0.3, 0.4) is 0 Å². The lowest BCUT2D eigenvalue weighted by Gasteiger charge is -2.27. The van der Waals surface area contributed by atoms with Gasteiger partial charge in [-0.1, -0.05) is 52.0 Å². The van der Waals surface area contributed by atoms with E-state index in [2.05, 4.69) is 88.4 Å². The molecule has 0 aliphatic carbocycles. The molecule has 1 aromatic rings. The van der Waals surface area contributed by atoms with E-state index in [0.29, 0.717) is 0 Å². The number of hydrogen-bond acceptors (Lipinski definition) is 0. The Morgan fingerprint density at radius 1 is 0.941 bits per heavy atom. The van der Waals surface area contributed by atoms with Gasteiger partial charge in [0, 0.05) is 5.56 Å². The van der Waals surface area contributed by atoms with Crippen LogP contribution in [0.1, 0.15) is 59.1 Å². The normalized spacial score (nSPS) is 13.2. The summed E-state index contributed by atoms with van der Waals surface area (Å²) in [6, 6.07) is 9.20. The lowest BCUT2D eigenvalue weighted by Crippen LogP contribution is -3.41. The number of benzene rings is 1. The molecule has 96 valence electrons. The van der Waals surface area contributed by atoms with Crippen molar-refractivity contribution in [2.75, 3.05) is 0 Å². The topological polar surface area (TPSA) is 0 Å². The van der Waals surface area contributed by atoms with Gasteiger partial charge in [0.25, 0.3) is 22.6 Å². The maximum Gasteiger partial charge on any atom is 0.263 e. The smallest absolute Gasteiger partial charge is 0.0627 e. The highest BCUT2D eigenvalue weighted by Crippen LogP contribution is 2.31. The highest BCUT2D eigenvalue weighted by atomic mass is 127. The Morgan fingerprint density at radius 2 is 1.35 bits per heavy atom. The zero-order valence-electron chi connectivity index (χ0n) is 12.0. The minimum absolute atomic E-state index is 0.261. The zero-order valence-corrected chi connectivity index (χ0v) is 14.3. The van der Waals surface area contributed by atoms with E-state index in [-0.39, 0.29) is 8.84 Å². The van der Waals surface area contributed by atoms with Gasteiger partial charge in [0.05, 0.1) is 0 Å². The van der Waals surface area contributed by atoms with Crippen LogP contribution in [-0.4, -0.2) is 0 Å². The SMILES string of the molecule is CC(C)CC(C)(C)c1ccc(C(C)(C)[IH+])cc1. The maximum absolute atomic E-state index is 2.35. The minimum atomic E-state index is 0.261. The zero-order chi connectivity index (χ0) is 13.3. The second-order valence-electron chi connectivity index (χ2n) is 6.57. The summed E-state index contributed by atoms with van der Waals surface area (Å²) in [5, 5.41) is 0. The second kappa shape index (κ2) is 5.29. The molecule has 0 unspecified atom stereocenters. The minimum Gasteiger partial charge on any atom is -0.0627 e. The molecule has 0 saturated carbocycles. The van der Waals surface area contributed by atoms with E-state index in [0.717, 1.165) is 5.92 Å². The largest absolute Gasteiger partial charge is 0.263 e. The third-order valence-corrected chi connectivity index (χ3v) is 3.95. The summed E-state index contributed by atoms with van der Waals surface area (Å²) >= 11 is 2.19. The van der Waals surface area contributed by atoms with Gasteiger partial charge in [-0.25, -0.2) is 0 Å². The number of rotatable bonds is 4. The van der Waals surface area contributed by atoms with Crippen molar-refractivity contribution in [3.8, 4) is 0 Å². The molecule has 0 fully saturated rings. The van der Waals surface area contributed by atoms with Gasteiger partial charge in [-0.3, -0.25) is 0 Å². The molecule has 0 nitrogen and oxygen atoms in total. The molecule has 0 heterocycles. The van der Waals surface area contributed by atoms with E-state index >= 15 is 0 Å². The monoisotopic (exact) mass is 345 g/mol. The molecule has 0 amide bonds. The summed E-state index contributed by atoms with van der Waals surface area (Å²) in [7, 11) is 0. The highest BCUT2D eigenvalue weighted by molar-refractivity contribution is 5.30. The molecule has 0 N–H and O–H groups in total. The van der Waals surface area contributed by atoms with Crippen molar-refractivity contribution >= 4 is 0 Å². The Bertz CT molecular complexity index is 352. The first kappa shape index (κ1) is 15.0. The van der Waals surface area contributed by atoms with Crippen LogP contribution in [0.2, 0.25) is 0 Å². The Kier molecular flexibility index (Phi) is 4.67. The lowest BCUT2D eigenvalue weighted by atomic mass is 9.77. The molecule has 0 atom stereocenters. The fraction of sp³-hybridized carbons (Fsp3) is 0.625. The van der Waals surface area contributed by atoms with Gasteiger partial charge in [0.2, 0.25) is 0 Å². The molecule has 1 aromatic carbocycles. The molecule has 17 heavy (non-hydrogen) atoms. The summed E-state index contributed by atoms with van der Waals surface area (Å²) in [6.07, 6.45) is 1.24. The van der Waals surface area contributed by atoms with Gasteiger partial charge in [0.1, 0.15) is 0 Å². The average Bonchev–Trinajstić information content (AvgIpc) is 2.14. The molecular weight excluding hydrogens is 319 g/mol. The molecule has 0 spiro atoms. The molecule has 0 bridgehead atoms. The number of hydrogen-bond donors (Lipinski definition) is 0. The van der Waals surface area contributed by atoms with Gasteiger partial charge in [-0.05, 0) is 37.2 Å². The molecule has 1 heteroatoms. The first-order valence-corrected chi connectivity index (χ1v) is 7.61. The van der Waals surface area contributed by atoms with Gasteiger partial charge in [-0.2, -0.15) is 0 Å². The van der Waals surface area contributed by atoms with Crippen LogP contribution in [0.15, 0.2) is 24.3 Å². The van der Waals surface area contributed by atoms with E-state index in [9.17, 15) is 0 Å². The lowest BCUT2D eigenvalue weighted by molar-refractivity contribution is -0.475. The van der Waals surface area contributed by atoms with Crippen molar-refractivity contribution in [2.24, 2.45) is 5.92 Å². The molecule has 0 radical (unpaired) electrons. The first-order valence-electron chi connectivity index (χ1n) is 6.44. The van der Waals surface area contributed by atoms with Crippen LogP contribution in [-0.2, 0) is 8.84 Å². The van der Waals surface area contributed by atoms with Crippen molar-refractivity contribution in [1.82, 2.24) is 0 Å². The third-order valence-electron chi connectivity index (χ3n) is 3.28. The Balaban J connectivity index is 2.94. The van der Waals surface area contributed by atoms with E-state index in [1.165, 1.54) is 17.5 Å². The summed E-state index contributed by atoms with van der Waals surface area (Å²) < 4.78 is 0.261. The molecule has 0 aliphatic rings. The van der Waals surface area contributed by atoms with Gasteiger partial charge in [-0.15, -0.1) is 0 Å². The van der Waals surface area contributed by atoms with Crippen molar-refractivity contribution in [3.05, 3.63) is 35.4 Å². The van der Waals surface area contributed by atoms with Gasteiger partial charge in [0.15, 0.2) is 3.42 Å². The molecule has 0 saturated heterocycles. The number of alkyl halides is 1. The third kappa shape index (κ3) is 4.27. The fourth-order valence-corrected chi connectivity index (χ4v) is 2.85. The summed E-state index contributed by atoms with van der Waals surface area (Å²) in [5.74, 6) is 0.743. The Morgan fingerprint density at radius 3 is 1.71 bits per heavy atom. The Hall–Kier alpha value is -0.0500. The average molecular weight is 345 g/mol. The first-order chi connectivity index (χ1) is 7.63. The molecule has 1 rings (SSSR count). The summed E-state index contributed by atoms with van der Waals surface area (Å²) in [4.78, 5) is 0. The van der Waals surface area contributed by atoms with Crippen LogP contribution in [0.25, 0.3) is 0 Å². The highest BCUT2D eigenvalue weighted by Gasteiger charge is 2.27. The van der Waals surface area contributed by atoms with E-state index in [1.807, 2.05) is 0 Å². The summed E-state index contributed by atoms with van der Waals surface area (Å²) in [5.41, 5.74) is 3.16. The second-order valence-corrected chi connectivity index (χ2v) is 9.48. The van der Waals surface area contributed by atoms with Crippen LogP contribution >= 0.6 is 0 Å². The van der Waals surface area contributed by atoms with Crippen molar-refractivity contribution in [1.29, 1.82) is 0 Å². The van der Waals surface area contributed by atoms with Crippen molar-refractivity contribution < 1.29 is 22.6 Å². The number of halogens is 1. The van der Waals surface area contributed by atoms with Crippen molar-refractivity contribution in [3.63, 3.8) is 0 Å². The predicted octanol–water partition coefficient (Wildman–Crippen LogP) is 1.53. The fourth-order valence-electron chi connectivity index (χ4n) is 2.46. The van der Waals surface area contributed by atoms with Crippen LogP contribution < -0.4 is 22.6 Å². The molecule has 0 aromatic heterocycles. The van der Waals surface area contributed by atoms with E-state index in [1.54, 1.807) is 0 Å². The van der Waals surface area contributed by atoms with Crippen LogP contribution in [0.4, 0.5) is 0 Å². The predicted molar refractivity (Wildman–Crippen MR) is 73.3 cm³/mol. The molecule has 0 aliphatic heterocycles. The van der Waals surface area contributed by atoms with Crippen molar-refractivity contribution in [2.45, 2.75) is 56.8 Å². The summed E-state index contributed by atoms with van der Waals surface area (Å²) in [6.45, 7) is 13.8. The quantitative estimate of drug-likeness (QED) is 0.574. The Labute approximate surface area is 120 Å². The maximum atomic E-state index is 2.35. The van der Waals surface area contributed by atoms with E-state index < -0.39 is 0 Å². The standard InChI is InChI=1S/C16H26I/c1-12(2)11-15(3,4)13-7-9-14(10-8-13)16(5,6)17/h7-10,12,17H,11H2,1-6H3/q+1. The van der Waals surface area contributed by atoms with Gasteiger partial charge < -0.3 is 0 Å². The molecular formula is C16H26I+. The van der Waals surface area contributed by atoms with Crippen LogP contribution in [0, 0.1) is 5.92 Å². The van der Waals surface area contributed by atoms with Gasteiger partial charge >= 0.3 is 0 Å². The van der Waals surface area contributed by atoms with E-state index in [4.69, 9.17) is 0 Å².